The predicted octanol–water partition coefficient (Wildman–Crippen LogP) is -0.218. The molecule has 4 aliphatic heterocycles. The van der Waals surface area contributed by atoms with Gasteiger partial charge in [-0.1, -0.05) is 11.3 Å². The van der Waals surface area contributed by atoms with Crippen molar-refractivity contribution in [1.29, 1.82) is 0 Å². The van der Waals surface area contributed by atoms with Crippen LogP contribution < -0.4 is 5.12 Å². The number of quaternary nitrogens is 1. The highest BCUT2D eigenvalue weighted by Gasteiger charge is 2.60. The van der Waals surface area contributed by atoms with Crippen LogP contribution in [0.5, 0.6) is 0 Å². The standard InChI is InChI=1S/C29H30F3N7O8S/c1-44-26-22(37-8-17(34-36-37)12-6-13(30)21(32)14(31)7-12)24(41)19(10-40)47-29(26)48-20-11-46-27-23(25(20)42)38-9-18(35-39(27)38)15-4-3-5-16(33-15)28(43)45-2/h3-9,19-20,22-27,29,39-42H,10-11H2,1-2H3. The van der Waals surface area contributed by atoms with Gasteiger partial charge < -0.3 is 39.7 Å². The zero-order valence-corrected chi connectivity index (χ0v) is 26.1. The molecule has 3 aromatic rings. The number of hydrogen-bond acceptors (Lipinski definition) is 13. The molecule has 2 aromatic heterocycles. The Morgan fingerprint density at radius 3 is 2.62 bits per heavy atom. The molecule has 4 N–H and O–H groups in total. The number of rotatable bonds is 8. The van der Waals surface area contributed by atoms with E-state index in [4.69, 9.17) is 18.9 Å². The molecule has 19 heteroatoms. The van der Waals surface area contributed by atoms with E-state index in [9.17, 15) is 33.3 Å². The molecule has 0 bridgehead atoms. The zero-order chi connectivity index (χ0) is 33.9. The quantitative estimate of drug-likeness (QED) is 0.180. The van der Waals surface area contributed by atoms with Crippen LogP contribution in [0.3, 0.4) is 0 Å². The first-order valence-electron chi connectivity index (χ1n) is 14.8. The summed E-state index contributed by atoms with van der Waals surface area (Å²) in [5.41, 5.74) is 4.73. The summed E-state index contributed by atoms with van der Waals surface area (Å²) in [6, 6.07) is 4.96. The summed E-state index contributed by atoms with van der Waals surface area (Å²) >= 11 is 1.19. The van der Waals surface area contributed by atoms with Gasteiger partial charge in [0.1, 0.15) is 47.3 Å². The van der Waals surface area contributed by atoms with Crippen molar-refractivity contribution in [1.82, 2.24) is 25.0 Å². The topological polar surface area (TPSA) is 180 Å². The Labute approximate surface area is 274 Å². The maximum Gasteiger partial charge on any atom is 0.356 e. The minimum absolute atomic E-state index is 0.000882. The number of pyridine rings is 1. The Bertz CT molecular complexity index is 1710. The van der Waals surface area contributed by atoms with Gasteiger partial charge in [0.05, 0.1) is 37.5 Å². The summed E-state index contributed by atoms with van der Waals surface area (Å²) in [4.78, 5) is 16.3. The number of nitrogens with zero attached hydrogens (tertiary/aromatic N) is 6. The number of ether oxygens (including phenoxy) is 4. The summed E-state index contributed by atoms with van der Waals surface area (Å²) in [7, 11) is 2.66. The number of hydrogen-bond donors (Lipinski definition) is 4. The fourth-order valence-corrected chi connectivity index (χ4v) is 7.76. The average molecular weight is 694 g/mol. The monoisotopic (exact) mass is 693 g/mol. The molecule has 10 unspecified atom stereocenters. The smallest absolute Gasteiger partial charge is 0.356 e. The number of nitrogens with one attached hydrogen (secondary N) is 1. The van der Waals surface area contributed by atoms with Crippen LogP contribution in [-0.4, -0.2) is 121 Å². The van der Waals surface area contributed by atoms with Crippen LogP contribution in [0.4, 0.5) is 13.2 Å². The van der Waals surface area contributed by atoms with Gasteiger partial charge in [0, 0.05) is 18.9 Å². The number of aliphatic hydroxyl groups excluding tert-OH is 3. The third-order valence-electron chi connectivity index (χ3n) is 8.72. The van der Waals surface area contributed by atoms with Gasteiger partial charge in [0.25, 0.3) is 0 Å². The van der Waals surface area contributed by atoms with Gasteiger partial charge in [0.2, 0.25) is 6.23 Å². The molecule has 3 saturated heterocycles. The maximum absolute atomic E-state index is 13.9. The molecule has 15 nitrogen and oxygen atoms in total. The molecular formula is C29H30F3N7O8S. The van der Waals surface area contributed by atoms with Gasteiger partial charge in [-0.15, -0.1) is 16.9 Å². The van der Waals surface area contributed by atoms with Gasteiger partial charge in [0.15, 0.2) is 23.5 Å². The van der Waals surface area contributed by atoms with E-state index < -0.39 is 83.4 Å². The van der Waals surface area contributed by atoms with E-state index in [-0.39, 0.29) is 23.6 Å². The molecule has 6 heterocycles. The highest BCUT2D eigenvalue weighted by Crippen LogP contribution is 2.42. The van der Waals surface area contributed by atoms with Crippen LogP contribution in [0, 0.1) is 17.5 Å². The SMILES string of the molecule is COC(=O)c1cccc(C2=CN3C4C(O)C(SC5OC(CO)C(O)C(n6cc(-c7cc(F)c(F)c(F)c7)nn6)C5OC)COC4[NH+]3[N-]2)n1. The Morgan fingerprint density at radius 2 is 1.92 bits per heavy atom. The highest BCUT2D eigenvalue weighted by atomic mass is 32.2. The third-order valence-corrected chi connectivity index (χ3v) is 10.1. The predicted molar refractivity (Wildman–Crippen MR) is 158 cm³/mol. The number of fused-ring (bicyclic) bond motifs is 4. The van der Waals surface area contributed by atoms with Crippen LogP contribution >= 0.6 is 11.8 Å². The third kappa shape index (κ3) is 5.49. The Hall–Kier alpha value is -3.82. The van der Waals surface area contributed by atoms with E-state index in [1.165, 1.54) is 42.9 Å². The molecule has 1 aromatic carbocycles. The van der Waals surface area contributed by atoms with Crippen LogP contribution in [0.2, 0.25) is 0 Å². The molecule has 4 aliphatic rings. The van der Waals surface area contributed by atoms with Crippen molar-refractivity contribution in [2.45, 2.75) is 53.4 Å². The lowest BCUT2D eigenvalue weighted by Gasteiger charge is -2.58. The lowest BCUT2D eigenvalue weighted by Crippen LogP contribution is -3.28. The molecule has 256 valence electrons. The van der Waals surface area contributed by atoms with E-state index >= 15 is 0 Å². The second kappa shape index (κ2) is 12.9. The molecule has 0 saturated carbocycles. The molecule has 10 atom stereocenters. The van der Waals surface area contributed by atoms with Gasteiger partial charge >= 0.3 is 5.97 Å². The van der Waals surface area contributed by atoms with Crippen LogP contribution in [0.15, 0.2) is 42.7 Å². The van der Waals surface area contributed by atoms with E-state index in [2.05, 4.69) is 20.7 Å². The molecule has 7 rings (SSSR count). The Balaban J connectivity index is 1.09. The number of aromatic nitrogens is 4. The number of halogens is 3. The van der Waals surface area contributed by atoms with Crippen molar-refractivity contribution in [2.75, 3.05) is 27.4 Å². The largest absolute Gasteiger partial charge is 0.464 e. The van der Waals surface area contributed by atoms with E-state index in [1.807, 2.05) is 0 Å². The molecule has 3 fully saturated rings. The van der Waals surface area contributed by atoms with Crippen molar-refractivity contribution < 1.29 is 57.4 Å². The first kappa shape index (κ1) is 32.7. The Kier molecular flexibility index (Phi) is 8.79. The first-order chi connectivity index (χ1) is 23.1. The number of thioether (sulfide) groups is 1. The van der Waals surface area contributed by atoms with Crippen molar-refractivity contribution in [3.05, 3.63) is 77.0 Å². The van der Waals surface area contributed by atoms with E-state index in [0.29, 0.717) is 16.5 Å². The summed E-state index contributed by atoms with van der Waals surface area (Å²) < 4.78 is 65.3. The maximum atomic E-state index is 13.9. The summed E-state index contributed by atoms with van der Waals surface area (Å²) in [6.45, 7) is -0.463. The number of esters is 1. The minimum Gasteiger partial charge on any atom is -0.464 e. The molecule has 48 heavy (non-hydrogen) atoms. The van der Waals surface area contributed by atoms with Crippen LogP contribution in [0.1, 0.15) is 22.2 Å². The summed E-state index contributed by atoms with van der Waals surface area (Å²) in [5, 5.41) is 42.6. The van der Waals surface area contributed by atoms with Gasteiger partial charge in [-0.25, -0.2) is 37.8 Å². The van der Waals surface area contributed by atoms with Gasteiger partial charge in [-0.3, -0.25) is 0 Å². The fraction of sp³-hybridized carbons (Fsp3) is 0.448. The summed E-state index contributed by atoms with van der Waals surface area (Å²) in [5.74, 6) is -5.00. The fourth-order valence-electron chi connectivity index (χ4n) is 6.30. The number of carbonyl (C=O) groups excluding carboxylic acids is 1. The zero-order valence-electron chi connectivity index (χ0n) is 25.3. The lowest BCUT2D eigenvalue weighted by atomic mass is 9.97. The summed E-state index contributed by atoms with van der Waals surface area (Å²) in [6.07, 6.45) is -1.76. The normalized spacial score (nSPS) is 32.5. The second-order valence-electron chi connectivity index (χ2n) is 11.4. The lowest BCUT2D eigenvalue weighted by molar-refractivity contribution is -1.07. The molecule has 0 aliphatic carbocycles. The average Bonchev–Trinajstić information content (AvgIpc) is 3.72. The van der Waals surface area contributed by atoms with Crippen molar-refractivity contribution in [3.8, 4) is 11.3 Å². The van der Waals surface area contributed by atoms with Crippen molar-refractivity contribution in [2.24, 2.45) is 0 Å². The number of carbonyl (C=O) groups is 1. The van der Waals surface area contributed by atoms with Gasteiger partial charge in [-0.05, 0) is 30.0 Å². The van der Waals surface area contributed by atoms with E-state index in [0.717, 1.165) is 12.1 Å². The number of benzene rings is 1. The minimum atomic E-state index is -1.62. The Morgan fingerprint density at radius 1 is 1.15 bits per heavy atom. The molecule has 0 radical (unpaired) electrons. The van der Waals surface area contributed by atoms with Crippen molar-refractivity contribution in [3.63, 3.8) is 0 Å². The molecular weight excluding hydrogens is 663 g/mol. The van der Waals surface area contributed by atoms with Gasteiger partial charge in [-0.2, -0.15) is 0 Å². The first-order valence-corrected chi connectivity index (χ1v) is 15.7. The molecule has 0 amide bonds. The van der Waals surface area contributed by atoms with Crippen LogP contribution in [-0.2, 0) is 18.9 Å². The number of methoxy groups -OCH3 is 2. The molecule has 0 spiro atoms. The highest BCUT2D eigenvalue weighted by molar-refractivity contribution is 8.00. The number of aliphatic hydroxyl groups is 3. The van der Waals surface area contributed by atoms with E-state index in [1.54, 1.807) is 23.3 Å². The second-order valence-corrected chi connectivity index (χ2v) is 12.8. The van der Waals surface area contributed by atoms with Crippen LogP contribution in [0.25, 0.3) is 22.4 Å². The van der Waals surface area contributed by atoms with Crippen molar-refractivity contribution >= 4 is 23.4 Å².